The van der Waals surface area contributed by atoms with Gasteiger partial charge in [0.15, 0.2) is 5.78 Å². The first-order valence-electron chi connectivity index (χ1n) is 5.38. The lowest BCUT2D eigenvalue weighted by Gasteiger charge is -2.14. The zero-order chi connectivity index (χ0) is 9.68. The van der Waals surface area contributed by atoms with Gasteiger partial charge in [-0.15, -0.1) is 0 Å². The monoisotopic (exact) mass is 184 g/mol. The average Bonchev–Trinajstić information content (AvgIpc) is 2.65. The van der Waals surface area contributed by atoms with E-state index in [0.717, 1.165) is 6.61 Å². The zero-order valence-corrected chi connectivity index (χ0v) is 8.71. The van der Waals surface area contributed by atoms with E-state index in [-0.39, 0.29) is 11.9 Å². The summed E-state index contributed by atoms with van der Waals surface area (Å²) in [6.07, 6.45) is 5.64. The third-order valence-corrected chi connectivity index (χ3v) is 2.86. The summed E-state index contributed by atoms with van der Waals surface area (Å²) in [4.78, 5) is 11.2. The number of hydrogen-bond acceptors (Lipinski definition) is 2. The van der Waals surface area contributed by atoms with Gasteiger partial charge < -0.3 is 4.74 Å². The van der Waals surface area contributed by atoms with E-state index >= 15 is 0 Å². The molecule has 1 rings (SSSR count). The van der Waals surface area contributed by atoms with Crippen molar-refractivity contribution in [2.75, 3.05) is 6.61 Å². The van der Waals surface area contributed by atoms with Crippen molar-refractivity contribution in [2.24, 2.45) is 5.92 Å². The molecule has 1 unspecified atom stereocenters. The van der Waals surface area contributed by atoms with Crippen LogP contribution in [-0.4, -0.2) is 18.5 Å². The standard InChI is InChI=1S/C11H20O2/c1-3-11(12)9(2)13-8-10-6-4-5-7-10/h9-10H,3-8H2,1-2H3. The Morgan fingerprint density at radius 1 is 1.46 bits per heavy atom. The number of carbonyl (C=O) groups is 1. The Labute approximate surface area is 80.7 Å². The van der Waals surface area contributed by atoms with Gasteiger partial charge in [-0.05, 0) is 25.7 Å². The minimum Gasteiger partial charge on any atom is -0.370 e. The van der Waals surface area contributed by atoms with Crippen LogP contribution in [0.5, 0.6) is 0 Å². The Bertz CT molecular complexity index is 159. The highest BCUT2D eigenvalue weighted by molar-refractivity contribution is 5.82. The number of ketones is 1. The predicted octanol–water partition coefficient (Wildman–Crippen LogP) is 2.56. The molecule has 1 aliphatic carbocycles. The second-order valence-electron chi connectivity index (χ2n) is 3.95. The quantitative estimate of drug-likeness (QED) is 0.656. The van der Waals surface area contributed by atoms with Gasteiger partial charge in [0.2, 0.25) is 0 Å². The fourth-order valence-electron chi connectivity index (χ4n) is 1.84. The van der Waals surface area contributed by atoms with E-state index < -0.39 is 0 Å². The van der Waals surface area contributed by atoms with Crippen LogP contribution in [0.1, 0.15) is 46.0 Å². The van der Waals surface area contributed by atoms with Crippen molar-refractivity contribution >= 4 is 5.78 Å². The van der Waals surface area contributed by atoms with E-state index in [9.17, 15) is 4.79 Å². The summed E-state index contributed by atoms with van der Waals surface area (Å²) in [6.45, 7) is 4.53. The van der Waals surface area contributed by atoms with Crippen molar-refractivity contribution in [3.05, 3.63) is 0 Å². The maximum Gasteiger partial charge on any atom is 0.160 e. The topological polar surface area (TPSA) is 26.3 Å². The largest absolute Gasteiger partial charge is 0.370 e. The van der Waals surface area contributed by atoms with Crippen LogP contribution in [0.2, 0.25) is 0 Å². The van der Waals surface area contributed by atoms with Gasteiger partial charge in [-0.25, -0.2) is 0 Å². The fourth-order valence-corrected chi connectivity index (χ4v) is 1.84. The van der Waals surface area contributed by atoms with E-state index in [2.05, 4.69) is 0 Å². The highest BCUT2D eigenvalue weighted by Crippen LogP contribution is 2.25. The van der Waals surface area contributed by atoms with Gasteiger partial charge in [-0.2, -0.15) is 0 Å². The second-order valence-corrected chi connectivity index (χ2v) is 3.95. The van der Waals surface area contributed by atoms with Gasteiger partial charge in [-0.3, -0.25) is 4.79 Å². The summed E-state index contributed by atoms with van der Waals surface area (Å²) in [7, 11) is 0. The molecule has 0 radical (unpaired) electrons. The molecule has 2 nitrogen and oxygen atoms in total. The molecule has 0 spiro atoms. The molecule has 2 heteroatoms. The van der Waals surface area contributed by atoms with Crippen LogP contribution in [0, 0.1) is 5.92 Å². The zero-order valence-electron chi connectivity index (χ0n) is 8.71. The summed E-state index contributed by atoms with van der Waals surface area (Å²) in [5.41, 5.74) is 0. The molecule has 1 saturated carbocycles. The summed E-state index contributed by atoms with van der Waals surface area (Å²) in [6, 6.07) is 0. The highest BCUT2D eigenvalue weighted by Gasteiger charge is 2.18. The van der Waals surface area contributed by atoms with Gasteiger partial charge >= 0.3 is 0 Å². The van der Waals surface area contributed by atoms with Crippen LogP contribution >= 0.6 is 0 Å². The fraction of sp³-hybridized carbons (Fsp3) is 0.909. The minimum atomic E-state index is -0.189. The first-order chi connectivity index (χ1) is 6.24. The minimum absolute atomic E-state index is 0.189. The van der Waals surface area contributed by atoms with Gasteiger partial charge in [0, 0.05) is 6.42 Å². The van der Waals surface area contributed by atoms with E-state index in [1.807, 2.05) is 13.8 Å². The van der Waals surface area contributed by atoms with Crippen molar-refractivity contribution in [1.29, 1.82) is 0 Å². The molecular formula is C11H20O2. The van der Waals surface area contributed by atoms with Crippen LogP contribution in [-0.2, 0) is 9.53 Å². The van der Waals surface area contributed by atoms with Gasteiger partial charge in [0.05, 0.1) is 6.61 Å². The maximum absolute atomic E-state index is 11.2. The molecule has 1 atom stereocenters. The molecule has 1 aliphatic rings. The lowest BCUT2D eigenvalue weighted by Crippen LogP contribution is -2.22. The average molecular weight is 184 g/mol. The Morgan fingerprint density at radius 2 is 2.08 bits per heavy atom. The van der Waals surface area contributed by atoms with Gasteiger partial charge in [0.25, 0.3) is 0 Å². The predicted molar refractivity (Wildman–Crippen MR) is 52.7 cm³/mol. The summed E-state index contributed by atoms with van der Waals surface area (Å²) in [5.74, 6) is 0.935. The number of Topliss-reactive ketones (excluding diaryl/α,β-unsaturated/α-hetero) is 1. The van der Waals surface area contributed by atoms with E-state index in [0.29, 0.717) is 12.3 Å². The number of carbonyl (C=O) groups excluding carboxylic acids is 1. The summed E-state index contributed by atoms with van der Waals surface area (Å²) >= 11 is 0. The molecule has 76 valence electrons. The lowest BCUT2D eigenvalue weighted by atomic mass is 10.1. The molecule has 0 aromatic heterocycles. The Balaban J connectivity index is 2.13. The molecule has 13 heavy (non-hydrogen) atoms. The van der Waals surface area contributed by atoms with Crippen molar-refractivity contribution in [1.82, 2.24) is 0 Å². The molecule has 1 fully saturated rings. The van der Waals surface area contributed by atoms with E-state index in [1.54, 1.807) is 0 Å². The first kappa shape index (κ1) is 10.7. The summed E-state index contributed by atoms with van der Waals surface area (Å²) in [5, 5.41) is 0. The smallest absolute Gasteiger partial charge is 0.160 e. The SMILES string of the molecule is CCC(=O)C(C)OCC1CCCC1. The molecule has 0 aromatic rings. The normalized spacial score (nSPS) is 20.5. The van der Waals surface area contributed by atoms with Crippen LogP contribution in [0.3, 0.4) is 0 Å². The van der Waals surface area contributed by atoms with E-state index in [4.69, 9.17) is 4.74 Å². The molecule has 0 bridgehead atoms. The number of rotatable bonds is 5. The molecule has 0 N–H and O–H groups in total. The van der Waals surface area contributed by atoms with Crippen molar-refractivity contribution in [2.45, 2.75) is 52.1 Å². The van der Waals surface area contributed by atoms with Crippen LogP contribution in [0.15, 0.2) is 0 Å². The Kier molecular flexibility index (Phi) is 4.43. The first-order valence-corrected chi connectivity index (χ1v) is 5.38. The third kappa shape index (κ3) is 3.47. The molecule has 0 heterocycles. The van der Waals surface area contributed by atoms with Crippen molar-refractivity contribution in [3.8, 4) is 0 Å². The van der Waals surface area contributed by atoms with Gasteiger partial charge in [0.1, 0.15) is 6.10 Å². The number of ether oxygens (including phenoxy) is 1. The van der Waals surface area contributed by atoms with Crippen LogP contribution in [0.4, 0.5) is 0 Å². The maximum atomic E-state index is 11.2. The van der Waals surface area contributed by atoms with Crippen LogP contribution in [0.25, 0.3) is 0 Å². The Hall–Kier alpha value is -0.370. The molecule has 0 aromatic carbocycles. The number of hydrogen-bond donors (Lipinski definition) is 0. The van der Waals surface area contributed by atoms with E-state index in [1.165, 1.54) is 25.7 Å². The van der Waals surface area contributed by atoms with Crippen LogP contribution < -0.4 is 0 Å². The molecule has 0 saturated heterocycles. The van der Waals surface area contributed by atoms with Crippen molar-refractivity contribution < 1.29 is 9.53 Å². The highest BCUT2D eigenvalue weighted by atomic mass is 16.5. The second kappa shape index (κ2) is 5.38. The van der Waals surface area contributed by atoms with Gasteiger partial charge in [-0.1, -0.05) is 19.8 Å². The lowest BCUT2D eigenvalue weighted by molar-refractivity contribution is -0.129. The Morgan fingerprint density at radius 3 is 2.62 bits per heavy atom. The molecule has 0 aliphatic heterocycles. The third-order valence-electron chi connectivity index (χ3n) is 2.86. The molecular weight excluding hydrogens is 164 g/mol. The molecule has 0 amide bonds. The summed E-state index contributed by atoms with van der Waals surface area (Å²) < 4.78 is 5.53. The van der Waals surface area contributed by atoms with Crippen molar-refractivity contribution in [3.63, 3.8) is 0 Å².